The van der Waals surface area contributed by atoms with Gasteiger partial charge < -0.3 is 5.73 Å². The average molecular weight is 461 g/mol. The zero-order valence-corrected chi connectivity index (χ0v) is 16.5. The van der Waals surface area contributed by atoms with Gasteiger partial charge in [-0.15, -0.1) is 5.54 Å². The van der Waals surface area contributed by atoms with Crippen LogP contribution in [0.15, 0.2) is 24.3 Å². The third kappa shape index (κ3) is 5.51. The number of hydrogen-bond acceptors (Lipinski definition) is 0. The van der Waals surface area contributed by atoms with E-state index in [1.807, 2.05) is 38.1 Å². The summed E-state index contributed by atoms with van der Waals surface area (Å²) in [5.41, 5.74) is 8.07. The van der Waals surface area contributed by atoms with Gasteiger partial charge in [-0.2, -0.15) is 35.9 Å². The Morgan fingerprint density at radius 1 is 0.810 bits per heavy atom. The Morgan fingerprint density at radius 2 is 1.19 bits per heavy atom. The minimum absolute atomic E-state index is 0. The van der Waals surface area contributed by atoms with E-state index < -0.39 is 5.54 Å². The van der Waals surface area contributed by atoms with Crippen LogP contribution < -0.4 is 0 Å². The van der Waals surface area contributed by atoms with Crippen LogP contribution in [-0.2, 0) is 25.6 Å². The molecule has 0 aromatic heterocycles. The molecule has 0 aliphatic heterocycles. The van der Waals surface area contributed by atoms with Crippen LogP contribution in [0.4, 0.5) is 0 Å². The first kappa shape index (κ1) is 20.8. The van der Waals surface area contributed by atoms with Crippen molar-refractivity contribution in [2.75, 3.05) is 0 Å². The molecule has 1 N–H and O–H groups in total. The normalized spacial score (nSPS) is 19.0. The van der Waals surface area contributed by atoms with E-state index in [0.29, 0.717) is 0 Å². The van der Waals surface area contributed by atoms with Gasteiger partial charge >= 0.3 is 20.1 Å². The van der Waals surface area contributed by atoms with Crippen LogP contribution in [0.3, 0.4) is 0 Å². The predicted molar refractivity (Wildman–Crippen MR) is 87.2 cm³/mol. The maximum atomic E-state index is 7.64. The van der Waals surface area contributed by atoms with Gasteiger partial charge in [-0.05, 0) is 29.6 Å². The second kappa shape index (κ2) is 8.46. The van der Waals surface area contributed by atoms with Crippen molar-refractivity contribution >= 4 is 0 Å². The fourth-order valence-corrected chi connectivity index (χ4v) is 2.19. The van der Waals surface area contributed by atoms with Crippen molar-refractivity contribution in [3.63, 3.8) is 0 Å². The molecule has 5 radical (unpaired) electrons. The van der Waals surface area contributed by atoms with Gasteiger partial charge in [0.25, 0.3) is 0 Å². The van der Waals surface area contributed by atoms with E-state index in [4.69, 9.17) is 5.73 Å². The largest absolute Gasteiger partial charge is 3.00 e. The van der Waals surface area contributed by atoms with E-state index in [1.54, 1.807) is 0 Å². The van der Waals surface area contributed by atoms with Gasteiger partial charge in [0.05, 0.1) is 0 Å². The molecule has 1 aliphatic rings. The Hall–Kier alpha value is -0.171. The van der Waals surface area contributed by atoms with E-state index in [1.165, 1.54) is 29.6 Å². The molecule has 0 bridgehead atoms. The fourth-order valence-electron chi connectivity index (χ4n) is 2.19. The minimum atomic E-state index is -0.513. The molecular weight excluding hydrogens is 434 g/mol. The summed E-state index contributed by atoms with van der Waals surface area (Å²) in [6.45, 7) is 14.7. The molecule has 0 unspecified atom stereocenters. The topological polar surface area (TPSA) is 23.8 Å². The summed E-state index contributed by atoms with van der Waals surface area (Å²) in [6, 6.07) is 10.6. The fraction of sp³-hybridized carbons (Fsp3) is 0.421. The average Bonchev–Trinajstić information content (AvgIpc) is 2.58. The van der Waals surface area contributed by atoms with Crippen molar-refractivity contribution in [3.05, 3.63) is 71.2 Å². The first-order valence-electron chi connectivity index (χ1n) is 7.08. The van der Waals surface area contributed by atoms with Gasteiger partial charge in [0.15, 0.2) is 0 Å². The molecule has 0 spiro atoms. The molecule has 0 saturated heterocycles. The van der Waals surface area contributed by atoms with Crippen molar-refractivity contribution < 1.29 is 20.1 Å². The summed E-state index contributed by atoms with van der Waals surface area (Å²) in [6.07, 6.45) is 0. The molecular formula is C19H26IrN+. The van der Waals surface area contributed by atoms with Crippen molar-refractivity contribution in [3.8, 4) is 0 Å². The van der Waals surface area contributed by atoms with Crippen LogP contribution in [0.25, 0.3) is 5.73 Å². The molecule has 1 aromatic carbocycles. The molecule has 1 nitrogen and oxygen atoms in total. The molecule has 115 valence electrons. The molecule has 21 heavy (non-hydrogen) atoms. The SMILES string of the molecule is CC(C)([NH-])c1[c-]cccc1.C[C]1[C](C)[C](C)[C](C)[C]1C.[Ir+3]. The van der Waals surface area contributed by atoms with Gasteiger partial charge in [-0.3, -0.25) is 0 Å². The van der Waals surface area contributed by atoms with Crippen molar-refractivity contribution in [1.29, 1.82) is 0 Å². The van der Waals surface area contributed by atoms with Crippen molar-refractivity contribution in [2.24, 2.45) is 0 Å². The molecule has 1 aliphatic carbocycles. The number of benzene rings is 1. The Labute approximate surface area is 145 Å². The molecule has 1 aromatic rings. The molecule has 2 rings (SSSR count). The van der Waals surface area contributed by atoms with E-state index >= 15 is 0 Å². The second-order valence-electron chi connectivity index (χ2n) is 6.03. The quantitative estimate of drug-likeness (QED) is 0.477. The van der Waals surface area contributed by atoms with E-state index in [0.717, 1.165) is 5.56 Å². The standard InChI is InChI=1S/C10H15.C9H11N.Ir/c1-6-7(2)9(4)10(5)8(6)3;1-9(2,10)8-6-4-3-5-7-8;/h1-5H3;3-6,10H,1-2H3;/q;-2;+3. The molecule has 1 fully saturated rings. The first-order chi connectivity index (χ1) is 9.16. The number of nitrogens with one attached hydrogen (secondary N) is 1. The van der Waals surface area contributed by atoms with Crippen LogP contribution in [0.1, 0.15) is 54.0 Å². The minimum Gasteiger partial charge on any atom is -0.670 e. The van der Waals surface area contributed by atoms with Gasteiger partial charge in [0, 0.05) is 0 Å². The summed E-state index contributed by atoms with van der Waals surface area (Å²) in [7, 11) is 0. The van der Waals surface area contributed by atoms with Gasteiger partial charge in [0.1, 0.15) is 0 Å². The predicted octanol–water partition coefficient (Wildman–Crippen LogP) is 5.74. The molecule has 0 heterocycles. The van der Waals surface area contributed by atoms with Crippen LogP contribution in [-0.4, -0.2) is 0 Å². The maximum absolute atomic E-state index is 7.64. The zero-order valence-electron chi connectivity index (χ0n) is 14.1. The Bertz CT molecular complexity index is 351. The van der Waals surface area contributed by atoms with E-state index in [-0.39, 0.29) is 20.1 Å². The van der Waals surface area contributed by atoms with Crippen LogP contribution in [0.2, 0.25) is 0 Å². The van der Waals surface area contributed by atoms with E-state index in [9.17, 15) is 0 Å². The van der Waals surface area contributed by atoms with E-state index in [2.05, 4.69) is 40.7 Å². The summed E-state index contributed by atoms with van der Waals surface area (Å²) in [4.78, 5) is 0. The molecule has 1 saturated carbocycles. The van der Waals surface area contributed by atoms with Gasteiger partial charge in [0.2, 0.25) is 0 Å². The maximum Gasteiger partial charge on any atom is 3.00 e. The zero-order chi connectivity index (χ0) is 15.5. The smallest absolute Gasteiger partial charge is 0.670 e. The van der Waals surface area contributed by atoms with Crippen LogP contribution in [0.5, 0.6) is 0 Å². The number of rotatable bonds is 1. The molecule has 2 heteroatoms. The van der Waals surface area contributed by atoms with Crippen molar-refractivity contribution in [2.45, 2.75) is 54.0 Å². The van der Waals surface area contributed by atoms with Crippen molar-refractivity contribution in [1.82, 2.24) is 0 Å². The summed E-state index contributed by atoms with van der Waals surface area (Å²) in [5.74, 6) is 7.34. The number of hydrogen-bond donors (Lipinski definition) is 0. The molecule has 0 amide bonds. The third-order valence-electron chi connectivity index (χ3n) is 4.19. The summed E-state index contributed by atoms with van der Waals surface area (Å²) < 4.78 is 0. The third-order valence-corrected chi connectivity index (χ3v) is 4.19. The molecule has 0 atom stereocenters. The Morgan fingerprint density at radius 3 is 1.38 bits per heavy atom. The first-order valence-corrected chi connectivity index (χ1v) is 7.08. The summed E-state index contributed by atoms with van der Waals surface area (Å²) >= 11 is 0. The Kier molecular flexibility index (Phi) is 8.39. The second-order valence-corrected chi connectivity index (χ2v) is 6.03. The summed E-state index contributed by atoms with van der Waals surface area (Å²) in [5, 5.41) is 0. The monoisotopic (exact) mass is 461 g/mol. The van der Waals surface area contributed by atoms with Gasteiger partial charge in [-0.25, -0.2) is 0 Å². The van der Waals surface area contributed by atoms with Gasteiger partial charge in [-0.1, -0.05) is 48.5 Å². The Balaban J connectivity index is 0.000000364. The van der Waals surface area contributed by atoms with Crippen LogP contribution >= 0.6 is 0 Å². The van der Waals surface area contributed by atoms with Crippen LogP contribution in [0, 0.1) is 35.7 Å².